The molecule has 3 aromatic rings. The second kappa shape index (κ2) is 7.91. The van der Waals surface area contributed by atoms with E-state index in [-0.39, 0.29) is 17.1 Å². The number of aryl methyl sites for hydroxylation is 1. The Balaban J connectivity index is 1.85. The molecule has 0 saturated heterocycles. The number of halogens is 3. The van der Waals surface area contributed by atoms with Gasteiger partial charge in [0.25, 0.3) is 0 Å². The predicted octanol–water partition coefficient (Wildman–Crippen LogP) is 6.46. The Labute approximate surface area is 156 Å². The summed E-state index contributed by atoms with van der Waals surface area (Å²) < 4.78 is 53.1. The van der Waals surface area contributed by atoms with Crippen molar-refractivity contribution in [2.24, 2.45) is 0 Å². The first kappa shape index (κ1) is 19.1. The highest BCUT2D eigenvalue weighted by molar-refractivity contribution is 5.85. The van der Waals surface area contributed by atoms with Crippen molar-refractivity contribution in [2.75, 3.05) is 6.61 Å². The van der Waals surface area contributed by atoms with Crippen LogP contribution in [0.2, 0.25) is 0 Å². The maximum atomic E-state index is 14.5. The van der Waals surface area contributed by atoms with Gasteiger partial charge in [-0.1, -0.05) is 31.5 Å². The van der Waals surface area contributed by atoms with Gasteiger partial charge in [-0.25, -0.2) is 4.39 Å². The van der Waals surface area contributed by atoms with Crippen molar-refractivity contribution in [3.63, 3.8) is 0 Å². The Morgan fingerprint density at radius 1 is 0.889 bits per heavy atom. The van der Waals surface area contributed by atoms with E-state index in [4.69, 9.17) is 9.47 Å². The molecule has 0 spiro atoms. The fourth-order valence-corrected chi connectivity index (χ4v) is 2.92. The maximum Gasteiger partial charge on any atom is 0.426 e. The Bertz CT molecular complexity index is 921. The van der Waals surface area contributed by atoms with Crippen LogP contribution >= 0.6 is 0 Å². The molecule has 0 heterocycles. The SMILES string of the molecule is CCCc1ccc(C(F)(F)Oc2ccc3cc(OCC)c(F)cc3c2)cc1. The average molecular weight is 374 g/mol. The molecule has 3 rings (SSSR count). The molecule has 27 heavy (non-hydrogen) atoms. The second-order valence-corrected chi connectivity index (χ2v) is 6.29. The number of hydrogen-bond acceptors (Lipinski definition) is 2. The average Bonchev–Trinajstić information content (AvgIpc) is 2.63. The first-order valence-electron chi connectivity index (χ1n) is 8.95. The minimum Gasteiger partial charge on any atom is -0.491 e. The van der Waals surface area contributed by atoms with E-state index >= 15 is 0 Å². The van der Waals surface area contributed by atoms with Crippen LogP contribution in [0.3, 0.4) is 0 Å². The number of hydrogen-bond donors (Lipinski definition) is 0. The second-order valence-electron chi connectivity index (χ2n) is 6.29. The number of fused-ring (bicyclic) bond motifs is 1. The van der Waals surface area contributed by atoms with Crippen LogP contribution in [0, 0.1) is 5.82 Å². The first-order chi connectivity index (χ1) is 12.9. The zero-order valence-electron chi connectivity index (χ0n) is 15.3. The molecule has 0 amide bonds. The third-order valence-electron chi connectivity index (χ3n) is 4.24. The first-order valence-corrected chi connectivity index (χ1v) is 8.95. The molecule has 2 nitrogen and oxygen atoms in total. The van der Waals surface area contributed by atoms with E-state index in [2.05, 4.69) is 0 Å². The molecule has 0 N–H and O–H groups in total. The molecule has 0 aromatic heterocycles. The minimum atomic E-state index is -3.48. The molecule has 0 atom stereocenters. The fraction of sp³-hybridized carbons (Fsp3) is 0.273. The summed E-state index contributed by atoms with van der Waals surface area (Å²) in [5.41, 5.74) is 0.781. The smallest absolute Gasteiger partial charge is 0.426 e. The van der Waals surface area contributed by atoms with E-state index in [0.717, 1.165) is 18.4 Å². The molecule has 0 fully saturated rings. The van der Waals surface area contributed by atoms with Crippen molar-refractivity contribution in [2.45, 2.75) is 32.8 Å². The van der Waals surface area contributed by atoms with E-state index in [0.29, 0.717) is 17.4 Å². The molecule has 0 aliphatic heterocycles. The summed E-state index contributed by atoms with van der Waals surface area (Å²) in [7, 11) is 0. The van der Waals surface area contributed by atoms with Crippen molar-refractivity contribution in [3.05, 3.63) is 71.5 Å². The van der Waals surface area contributed by atoms with Gasteiger partial charge >= 0.3 is 6.11 Å². The molecule has 0 radical (unpaired) electrons. The molecule has 0 aliphatic carbocycles. The van der Waals surface area contributed by atoms with Gasteiger partial charge in [0, 0.05) is 0 Å². The Morgan fingerprint density at radius 2 is 1.63 bits per heavy atom. The summed E-state index contributed by atoms with van der Waals surface area (Å²) in [5.74, 6) is -0.440. The lowest BCUT2D eigenvalue weighted by Gasteiger charge is -2.19. The monoisotopic (exact) mass is 374 g/mol. The lowest BCUT2D eigenvalue weighted by atomic mass is 10.1. The van der Waals surface area contributed by atoms with Crippen LogP contribution in [-0.4, -0.2) is 6.61 Å². The van der Waals surface area contributed by atoms with E-state index in [1.54, 1.807) is 31.2 Å². The van der Waals surface area contributed by atoms with Gasteiger partial charge in [0.1, 0.15) is 5.75 Å². The maximum absolute atomic E-state index is 14.5. The van der Waals surface area contributed by atoms with Crippen molar-refractivity contribution in [1.82, 2.24) is 0 Å². The third-order valence-corrected chi connectivity index (χ3v) is 4.24. The molecule has 0 saturated carbocycles. The minimum absolute atomic E-state index is 0.0336. The largest absolute Gasteiger partial charge is 0.491 e. The highest BCUT2D eigenvalue weighted by Gasteiger charge is 2.34. The fourth-order valence-electron chi connectivity index (χ4n) is 2.92. The van der Waals surface area contributed by atoms with Crippen LogP contribution in [0.4, 0.5) is 13.2 Å². The highest BCUT2D eigenvalue weighted by Crippen LogP contribution is 2.34. The van der Waals surface area contributed by atoms with E-state index in [1.165, 1.54) is 30.3 Å². The number of alkyl halides is 2. The Kier molecular flexibility index (Phi) is 5.59. The van der Waals surface area contributed by atoms with Gasteiger partial charge in [-0.15, -0.1) is 0 Å². The summed E-state index contributed by atoms with van der Waals surface area (Å²) in [6, 6.07) is 13.4. The van der Waals surface area contributed by atoms with Gasteiger partial charge in [-0.05, 0) is 66.1 Å². The van der Waals surface area contributed by atoms with Crippen LogP contribution in [0.5, 0.6) is 11.5 Å². The Hall–Kier alpha value is -2.69. The van der Waals surface area contributed by atoms with Crippen molar-refractivity contribution < 1.29 is 22.6 Å². The van der Waals surface area contributed by atoms with Gasteiger partial charge in [0.2, 0.25) is 0 Å². The zero-order valence-corrected chi connectivity index (χ0v) is 15.3. The van der Waals surface area contributed by atoms with Crippen molar-refractivity contribution in [3.8, 4) is 11.5 Å². The molecule has 3 aromatic carbocycles. The van der Waals surface area contributed by atoms with Crippen LogP contribution in [-0.2, 0) is 12.5 Å². The molecule has 5 heteroatoms. The summed E-state index contributed by atoms with van der Waals surface area (Å²) in [5, 5.41) is 1.14. The molecular formula is C22H21F3O2. The van der Waals surface area contributed by atoms with Crippen LogP contribution < -0.4 is 9.47 Å². The predicted molar refractivity (Wildman–Crippen MR) is 100 cm³/mol. The standard InChI is InChI=1S/C22H21F3O2/c1-3-5-15-6-9-18(10-7-15)22(24,25)27-19-11-8-16-14-21(26-4-2)20(23)13-17(16)12-19/h6-14H,3-5H2,1-2H3. The summed E-state index contributed by atoms with van der Waals surface area (Å²) in [4.78, 5) is 0. The van der Waals surface area contributed by atoms with E-state index in [9.17, 15) is 13.2 Å². The van der Waals surface area contributed by atoms with Gasteiger partial charge in [-0.3, -0.25) is 0 Å². The van der Waals surface area contributed by atoms with Gasteiger partial charge < -0.3 is 9.47 Å². The van der Waals surface area contributed by atoms with Crippen LogP contribution in [0.25, 0.3) is 10.8 Å². The van der Waals surface area contributed by atoms with Crippen molar-refractivity contribution >= 4 is 10.8 Å². The quantitative estimate of drug-likeness (QED) is 0.473. The summed E-state index contributed by atoms with van der Waals surface area (Å²) >= 11 is 0. The molecule has 142 valence electrons. The lowest BCUT2D eigenvalue weighted by molar-refractivity contribution is -0.185. The summed E-state index contributed by atoms with van der Waals surface area (Å²) in [6.07, 6.45) is -1.69. The van der Waals surface area contributed by atoms with Gasteiger partial charge in [-0.2, -0.15) is 8.78 Å². The molecular weight excluding hydrogens is 353 g/mol. The third kappa shape index (κ3) is 4.35. The van der Waals surface area contributed by atoms with Crippen molar-refractivity contribution in [1.29, 1.82) is 0 Å². The Morgan fingerprint density at radius 3 is 2.30 bits per heavy atom. The normalized spacial score (nSPS) is 11.6. The highest BCUT2D eigenvalue weighted by atomic mass is 19.3. The van der Waals surface area contributed by atoms with E-state index in [1.807, 2.05) is 6.92 Å². The zero-order chi connectivity index (χ0) is 19.4. The summed E-state index contributed by atoms with van der Waals surface area (Å²) in [6.45, 7) is 4.13. The number of benzene rings is 3. The van der Waals surface area contributed by atoms with Gasteiger partial charge in [0.05, 0.1) is 12.2 Å². The molecule has 0 unspecified atom stereocenters. The van der Waals surface area contributed by atoms with Crippen LogP contribution in [0.1, 0.15) is 31.4 Å². The van der Waals surface area contributed by atoms with Crippen LogP contribution in [0.15, 0.2) is 54.6 Å². The van der Waals surface area contributed by atoms with Gasteiger partial charge in [0.15, 0.2) is 11.6 Å². The number of ether oxygens (including phenoxy) is 2. The molecule has 0 aliphatic rings. The molecule has 0 bridgehead atoms. The number of rotatable bonds is 7. The topological polar surface area (TPSA) is 18.5 Å². The van der Waals surface area contributed by atoms with E-state index < -0.39 is 11.9 Å². The lowest BCUT2D eigenvalue weighted by Crippen LogP contribution is -2.21.